The number of pyridine rings is 1. The molecule has 4 aromatic rings. The number of fused-ring (bicyclic) bond motifs is 2. The summed E-state index contributed by atoms with van der Waals surface area (Å²) in [5.41, 5.74) is 3.95. The maximum atomic E-state index is 13.2. The lowest BCUT2D eigenvalue weighted by atomic mass is 10.3. The van der Waals surface area contributed by atoms with Crippen LogP contribution in [0.3, 0.4) is 0 Å². The monoisotopic (exact) mass is 391 g/mol. The first-order valence-corrected chi connectivity index (χ1v) is 10.3. The number of hydrogen-bond acceptors (Lipinski definition) is 4. The molecule has 1 aliphatic carbocycles. The molecule has 7 heteroatoms. The maximum Gasteiger partial charge on any atom is 0.329 e. The Bertz CT molecular complexity index is 1220. The Hall–Kier alpha value is -2.93. The molecule has 3 aromatic heterocycles. The van der Waals surface area contributed by atoms with Gasteiger partial charge in [0.05, 0.1) is 34.8 Å². The van der Waals surface area contributed by atoms with Crippen molar-refractivity contribution in [1.29, 1.82) is 0 Å². The van der Waals surface area contributed by atoms with E-state index >= 15 is 0 Å². The molecular weight excluding hydrogens is 366 g/mol. The molecule has 0 radical (unpaired) electrons. The van der Waals surface area contributed by atoms with Crippen LogP contribution < -0.4 is 5.69 Å². The lowest BCUT2D eigenvalue weighted by molar-refractivity contribution is 0.191. The number of para-hydroxylation sites is 2. The summed E-state index contributed by atoms with van der Waals surface area (Å²) in [5, 5.41) is 0. The Labute approximate surface area is 168 Å². The average molecular weight is 391 g/mol. The lowest BCUT2D eigenvalue weighted by Gasteiger charge is -2.10. The number of nitrogens with zero attached hydrogens (tertiary/aromatic N) is 5. The summed E-state index contributed by atoms with van der Waals surface area (Å²) in [6.45, 7) is 2.05. The molecular formula is C22H25N5O2. The van der Waals surface area contributed by atoms with Crippen LogP contribution in [0.4, 0.5) is 0 Å². The largest absolute Gasteiger partial charge is 0.385 e. The molecule has 5 rings (SSSR count). The van der Waals surface area contributed by atoms with Crippen LogP contribution in [0.15, 0.2) is 47.5 Å². The Morgan fingerprint density at radius 2 is 1.93 bits per heavy atom. The highest BCUT2D eigenvalue weighted by atomic mass is 16.5. The number of aryl methyl sites for hydroxylation is 1. The first kappa shape index (κ1) is 18.1. The number of aromatic nitrogens is 5. The minimum atomic E-state index is 0.0356. The highest BCUT2D eigenvalue weighted by molar-refractivity contribution is 5.77. The van der Waals surface area contributed by atoms with Crippen molar-refractivity contribution in [2.45, 2.75) is 44.8 Å². The number of rotatable bonds is 8. The molecule has 0 saturated heterocycles. The summed E-state index contributed by atoms with van der Waals surface area (Å²) in [5.74, 6) is 0.907. The van der Waals surface area contributed by atoms with E-state index in [2.05, 4.69) is 15.6 Å². The number of methoxy groups -OCH3 is 1. The third-order valence-electron chi connectivity index (χ3n) is 5.69. The summed E-state index contributed by atoms with van der Waals surface area (Å²) in [6.07, 6.45) is 7.69. The molecule has 0 spiro atoms. The standard InChI is InChI=1S/C22H25N5O2/c1-29-13-5-4-12-25-18-7-3-2-6-17(18)24-21(25)15-26-20-14-23-11-10-19(20)27(22(26)28)16-8-9-16/h2-3,6-7,10-11,14,16H,4-5,8-9,12-13,15H2,1H3. The molecule has 0 N–H and O–H groups in total. The van der Waals surface area contributed by atoms with Crippen LogP contribution in [-0.2, 0) is 17.8 Å². The zero-order chi connectivity index (χ0) is 19.8. The summed E-state index contributed by atoms with van der Waals surface area (Å²) < 4.78 is 11.2. The van der Waals surface area contributed by atoms with Crippen molar-refractivity contribution in [2.75, 3.05) is 13.7 Å². The van der Waals surface area contributed by atoms with E-state index in [4.69, 9.17) is 9.72 Å². The van der Waals surface area contributed by atoms with Gasteiger partial charge in [-0.2, -0.15) is 0 Å². The van der Waals surface area contributed by atoms with Crippen LogP contribution in [0, 0.1) is 0 Å². The van der Waals surface area contributed by atoms with E-state index in [0.29, 0.717) is 12.6 Å². The molecule has 0 atom stereocenters. The Kier molecular flexibility index (Phi) is 4.67. The van der Waals surface area contributed by atoms with Crippen molar-refractivity contribution >= 4 is 22.1 Å². The molecule has 0 unspecified atom stereocenters. The van der Waals surface area contributed by atoms with Gasteiger partial charge >= 0.3 is 5.69 Å². The number of imidazole rings is 2. The highest BCUT2D eigenvalue weighted by Crippen LogP contribution is 2.36. The van der Waals surface area contributed by atoms with Crippen LogP contribution in [-0.4, -0.2) is 37.4 Å². The molecule has 0 aliphatic heterocycles. The van der Waals surface area contributed by atoms with Crippen LogP contribution in [0.1, 0.15) is 37.5 Å². The fourth-order valence-corrected chi connectivity index (χ4v) is 4.12. The van der Waals surface area contributed by atoms with Gasteiger partial charge in [0.2, 0.25) is 0 Å². The molecule has 1 aliphatic rings. The summed E-state index contributed by atoms with van der Waals surface area (Å²) in [4.78, 5) is 22.4. The molecule has 1 fully saturated rings. The van der Waals surface area contributed by atoms with Gasteiger partial charge < -0.3 is 9.30 Å². The molecule has 1 saturated carbocycles. The van der Waals surface area contributed by atoms with E-state index in [1.54, 1.807) is 19.5 Å². The summed E-state index contributed by atoms with van der Waals surface area (Å²) >= 11 is 0. The van der Waals surface area contributed by atoms with Crippen LogP contribution in [0.2, 0.25) is 0 Å². The van der Waals surface area contributed by atoms with E-state index in [-0.39, 0.29) is 5.69 Å². The average Bonchev–Trinajstić information content (AvgIpc) is 3.46. The van der Waals surface area contributed by atoms with Crippen molar-refractivity contribution in [3.63, 3.8) is 0 Å². The zero-order valence-corrected chi connectivity index (χ0v) is 16.6. The minimum absolute atomic E-state index is 0.0356. The van der Waals surface area contributed by atoms with Gasteiger partial charge in [-0.15, -0.1) is 0 Å². The van der Waals surface area contributed by atoms with Gasteiger partial charge in [-0.3, -0.25) is 14.1 Å². The van der Waals surface area contributed by atoms with E-state index in [0.717, 1.165) is 66.7 Å². The number of benzene rings is 1. The first-order valence-electron chi connectivity index (χ1n) is 10.3. The maximum absolute atomic E-state index is 13.2. The van der Waals surface area contributed by atoms with E-state index < -0.39 is 0 Å². The molecule has 0 bridgehead atoms. The lowest BCUT2D eigenvalue weighted by Crippen LogP contribution is -2.25. The molecule has 3 heterocycles. The van der Waals surface area contributed by atoms with Crippen molar-refractivity contribution in [3.05, 3.63) is 59.0 Å². The molecule has 150 valence electrons. The van der Waals surface area contributed by atoms with E-state index in [1.807, 2.05) is 33.4 Å². The second kappa shape index (κ2) is 7.48. The Balaban J connectivity index is 1.57. The van der Waals surface area contributed by atoms with Crippen molar-refractivity contribution in [2.24, 2.45) is 0 Å². The first-order chi connectivity index (χ1) is 14.3. The fraction of sp³-hybridized carbons (Fsp3) is 0.409. The predicted octanol–water partition coefficient (Wildman–Crippen LogP) is 3.36. The molecule has 1 aromatic carbocycles. The SMILES string of the molecule is COCCCCn1c(Cn2c(=O)n(C3CC3)c3ccncc32)nc2ccccc21. The quantitative estimate of drug-likeness (QED) is 0.432. The van der Waals surface area contributed by atoms with Crippen molar-refractivity contribution < 1.29 is 4.74 Å². The fourth-order valence-electron chi connectivity index (χ4n) is 4.12. The third kappa shape index (κ3) is 3.25. The third-order valence-corrected chi connectivity index (χ3v) is 5.69. The summed E-state index contributed by atoms with van der Waals surface area (Å²) in [6, 6.07) is 10.4. The van der Waals surface area contributed by atoms with Crippen molar-refractivity contribution in [3.8, 4) is 0 Å². The van der Waals surface area contributed by atoms with Gasteiger partial charge in [-0.05, 0) is 43.9 Å². The molecule has 0 amide bonds. The van der Waals surface area contributed by atoms with Crippen LogP contribution in [0.5, 0.6) is 0 Å². The van der Waals surface area contributed by atoms with Gasteiger partial charge in [0.15, 0.2) is 0 Å². The van der Waals surface area contributed by atoms with Gasteiger partial charge in [-0.25, -0.2) is 9.78 Å². The van der Waals surface area contributed by atoms with Gasteiger partial charge in [0.25, 0.3) is 0 Å². The second-order valence-electron chi connectivity index (χ2n) is 7.70. The van der Waals surface area contributed by atoms with Crippen LogP contribution in [0.25, 0.3) is 22.1 Å². The van der Waals surface area contributed by atoms with E-state index in [9.17, 15) is 4.79 Å². The normalized spacial score (nSPS) is 14.2. The number of unbranched alkanes of at least 4 members (excludes halogenated alkanes) is 1. The van der Waals surface area contributed by atoms with E-state index in [1.165, 1.54) is 0 Å². The Morgan fingerprint density at radius 1 is 1.07 bits per heavy atom. The smallest absolute Gasteiger partial charge is 0.329 e. The van der Waals surface area contributed by atoms with Gasteiger partial charge in [-0.1, -0.05) is 12.1 Å². The topological polar surface area (TPSA) is 66.9 Å². The summed E-state index contributed by atoms with van der Waals surface area (Å²) in [7, 11) is 1.73. The molecule has 29 heavy (non-hydrogen) atoms. The zero-order valence-electron chi connectivity index (χ0n) is 16.6. The number of ether oxygens (including phenoxy) is 1. The van der Waals surface area contributed by atoms with Gasteiger partial charge in [0, 0.05) is 32.5 Å². The van der Waals surface area contributed by atoms with Crippen LogP contribution >= 0.6 is 0 Å². The number of hydrogen-bond donors (Lipinski definition) is 0. The van der Waals surface area contributed by atoms with Gasteiger partial charge in [0.1, 0.15) is 5.82 Å². The molecule has 7 nitrogen and oxygen atoms in total. The highest BCUT2D eigenvalue weighted by Gasteiger charge is 2.29. The predicted molar refractivity (Wildman–Crippen MR) is 112 cm³/mol. The Morgan fingerprint density at radius 3 is 2.76 bits per heavy atom. The second-order valence-corrected chi connectivity index (χ2v) is 7.70. The minimum Gasteiger partial charge on any atom is -0.385 e. The van der Waals surface area contributed by atoms with Crippen molar-refractivity contribution in [1.82, 2.24) is 23.7 Å².